The molecule has 0 atom stereocenters. The fourth-order valence-electron chi connectivity index (χ4n) is 2.35. The molecule has 2 N–H and O–H groups in total. The van der Waals surface area contributed by atoms with Gasteiger partial charge in [0.1, 0.15) is 0 Å². The minimum Gasteiger partial charge on any atom is -0.493 e. The van der Waals surface area contributed by atoms with E-state index >= 15 is 0 Å². The number of urea groups is 1. The van der Waals surface area contributed by atoms with Crippen molar-refractivity contribution in [2.75, 3.05) is 13.7 Å². The zero-order valence-corrected chi connectivity index (χ0v) is 16.6. The second kappa shape index (κ2) is 10.7. The molecule has 0 aliphatic heterocycles. The van der Waals surface area contributed by atoms with Crippen LogP contribution in [0.15, 0.2) is 48.5 Å². The van der Waals surface area contributed by atoms with Gasteiger partial charge in [-0.15, -0.1) is 0 Å². The second-order valence-electron chi connectivity index (χ2n) is 6.32. The summed E-state index contributed by atoms with van der Waals surface area (Å²) in [6, 6.07) is 13.1. The fourth-order valence-corrected chi connectivity index (χ4v) is 2.35. The summed E-state index contributed by atoms with van der Waals surface area (Å²) in [5.74, 6) is -0.598. The lowest BCUT2D eigenvalue weighted by atomic mass is 10.2. The van der Waals surface area contributed by atoms with Gasteiger partial charge in [-0.2, -0.15) is 0 Å². The third kappa shape index (κ3) is 7.17. The van der Waals surface area contributed by atoms with Gasteiger partial charge in [0, 0.05) is 6.54 Å². The molecule has 0 aromatic heterocycles. The number of nitrogens with one attached hydrogen (secondary N) is 2. The number of hydrogen-bond acceptors (Lipinski definition) is 6. The lowest BCUT2D eigenvalue weighted by Crippen LogP contribution is -2.41. The number of esters is 1. The molecule has 0 fully saturated rings. The highest BCUT2D eigenvalue weighted by atomic mass is 16.5. The maximum atomic E-state index is 12.1. The van der Waals surface area contributed by atoms with Gasteiger partial charge in [0.15, 0.2) is 18.1 Å². The van der Waals surface area contributed by atoms with Crippen LogP contribution < -0.4 is 20.1 Å². The van der Waals surface area contributed by atoms with Gasteiger partial charge in [-0.05, 0) is 37.6 Å². The van der Waals surface area contributed by atoms with Gasteiger partial charge in [-0.25, -0.2) is 9.59 Å². The monoisotopic (exact) mass is 400 g/mol. The predicted octanol–water partition coefficient (Wildman–Crippen LogP) is 2.67. The zero-order chi connectivity index (χ0) is 21.2. The van der Waals surface area contributed by atoms with Gasteiger partial charge in [0.25, 0.3) is 5.91 Å². The van der Waals surface area contributed by atoms with Crippen LogP contribution in [-0.2, 0) is 16.1 Å². The van der Waals surface area contributed by atoms with Crippen LogP contribution in [-0.4, -0.2) is 37.7 Å². The van der Waals surface area contributed by atoms with Crippen LogP contribution in [0.25, 0.3) is 0 Å². The minimum atomic E-state index is -0.740. The quantitative estimate of drug-likeness (QED) is 0.661. The summed E-state index contributed by atoms with van der Waals surface area (Å²) in [5, 5.41) is 4.64. The number of carbonyl (C=O) groups excluding carboxylic acids is 3. The first kappa shape index (κ1) is 21.7. The Bertz CT molecular complexity index is 852. The molecule has 0 aliphatic rings. The van der Waals surface area contributed by atoms with Crippen molar-refractivity contribution in [3.63, 3.8) is 0 Å². The molecular formula is C21H24N2O6. The lowest BCUT2D eigenvalue weighted by Gasteiger charge is -2.14. The second-order valence-corrected chi connectivity index (χ2v) is 6.32. The largest absolute Gasteiger partial charge is 0.493 e. The Balaban J connectivity index is 1.81. The van der Waals surface area contributed by atoms with Crippen LogP contribution >= 0.6 is 0 Å². The highest BCUT2D eigenvalue weighted by molar-refractivity contribution is 5.97. The molecule has 2 rings (SSSR count). The van der Waals surface area contributed by atoms with Crippen LogP contribution in [0, 0.1) is 0 Å². The number of imide groups is 1. The molecule has 8 nitrogen and oxygen atoms in total. The highest BCUT2D eigenvalue weighted by Gasteiger charge is 2.15. The molecule has 3 amide bonds. The van der Waals surface area contributed by atoms with Crippen molar-refractivity contribution < 1.29 is 28.6 Å². The van der Waals surface area contributed by atoms with E-state index in [1.165, 1.54) is 19.2 Å². The zero-order valence-electron chi connectivity index (χ0n) is 16.6. The molecular weight excluding hydrogens is 376 g/mol. The van der Waals surface area contributed by atoms with Crippen molar-refractivity contribution in [1.82, 2.24) is 10.6 Å². The number of carbonyl (C=O) groups is 3. The molecule has 0 heterocycles. The van der Waals surface area contributed by atoms with Crippen LogP contribution in [0.3, 0.4) is 0 Å². The first-order valence-electron chi connectivity index (χ1n) is 9.02. The van der Waals surface area contributed by atoms with Gasteiger partial charge in [0.05, 0.1) is 18.8 Å². The van der Waals surface area contributed by atoms with Crippen molar-refractivity contribution in [1.29, 1.82) is 0 Å². The molecule has 0 bridgehead atoms. The number of benzene rings is 2. The third-order valence-electron chi connectivity index (χ3n) is 3.65. The number of hydrogen-bond donors (Lipinski definition) is 2. The van der Waals surface area contributed by atoms with E-state index in [2.05, 4.69) is 10.6 Å². The van der Waals surface area contributed by atoms with Crippen LogP contribution in [0.5, 0.6) is 11.5 Å². The van der Waals surface area contributed by atoms with E-state index in [0.29, 0.717) is 11.5 Å². The minimum absolute atomic E-state index is 0.0570. The van der Waals surface area contributed by atoms with E-state index in [0.717, 1.165) is 5.56 Å². The van der Waals surface area contributed by atoms with Crippen molar-refractivity contribution >= 4 is 17.9 Å². The molecule has 0 radical (unpaired) electrons. The van der Waals surface area contributed by atoms with Crippen molar-refractivity contribution in [2.24, 2.45) is 0 Å². The molecule has 29 heavy (non-hydrogen) atoms. The Labute approximate surface area is 169 Å². The number of amides is 3. The number of rotatable bonds is 8. The average molecular weight is 400 g/mol. The van der Waals surface area contributed by atoms with Crippen molar-refractivity contribution in [3.8, 4) is 11.5 Å². The van der Waals surface area contributed by atoms with Gasteiger partial charge in [0.2, 0.25) is 0 Å². The van der Waals surface area contributed by atoms with Crippen LogP contribution in [0.2, 0.25) is 0 Å². The normalized spacial score (nSPS) is 10.2. The summed E-state index contributed by atoms with van der Waals surface area (Å²) in [7, 11) is 1.46. The molecule has 154 valence electrons. The molecule has 2 aromatic rings. The molecule has 0 spiro atoms. The van der Waals surface area contributed by atoms with E-state index in [1.807, 2.05) is 44.2 Å². The predicted molar refractivity (Wildman–Crippen MR) is 106 cm³/mol. The standard InChI is InChI=1S/C21H24N2O6/c1-14(2)29-17-10-9-16(11-18(17)27-3)20(25)28-13-19(24)23-21(26)22-12-15-7-5-4-6-8-15/h4-11,14H,12-13H2,1-3H3,(H2,22,23,24,26). The summed E-state index contributed by atoms with van der Waals surface area (Å²) in [4.78, 5) is 35.7. The van der Waals surface area contributed by atoms with E-state index in [9.17, 15) is 14.4 Å². The first-order valence-corrected chi connectivity index (χ1v) is 9.02. The van der Waals surface area contributed by atoms with Crippen molar-refractivity contribution in [2.45, 2.75) is 26.5 Å². The van der Waals surface area contributed by atoms with Crippen LogP contribution in [0.4, 0.5) is 4.79 Å². The van der Waals surface area contributed by atoms with E-state index in [-0.39, 0.29) is 18.2 Å². The van der Waals surface area contributed by atoms with Gasteiger partial charge in [-0.1, -0.05) is 30.3 Å². The summed E-state index contributed by atoms with van der Waals surface area (Å²) < 4.78 is 15.7. The molecule has 0 aliphatic carbocycles. The van der Waals surface area contributed by atoms with Crippen molar-refractivity contribution in [3.05, 3.63) is 59.7 Å². The Morgan fingerprint density at radius 1 is 1.00 bits per heavy atom. The SMILES string of the molecule is COc1cc(C(=O)OCC(=O)NC(=O)NCc2ccccc2)ccc1OC(C)C. The Kier molecular flexibility index (Phi) is 8.02. The smallest absolute Gasteiger partial charge is 0.338 e. The lowest BCUT2D eigenvalue weighted by molar-refractivity contribution is -0.123. The molecule has 8 heteroatoms. The Morgan fingerprint density at radius 2 is 1.72 bits per heavy atom. The fraction of sp³-hybridized carbons (Fsp3) is 0.286. The maximum Gasteiger partial charge on any atom is 0.338 e. The Hall–Kier alpha value is -3.55. The topological polar surface area (TPSA) is 103 Å². The number of methoxy groups -OCH3 is 1. The molecule has 2 aromatic carbocycles. The Morgan fingerprint density at radius 3 is 2.38 bits per heavy atom. The summed E-state index contributed by atoms with van der Waals surface area (Å²) in [5.41, 5.74) is 1.08. The summed E-state index contributed by atoms with van der Waals surface area (Å²) >= 11 is 0. The summed E-state index contributed by atoms with van der Waals surface area (Å²) in [6.07, 6.45) is -0.0570. The highest BCUT2D eigenvalue weighted by Crippen LogP contribution is 2.29. The van der Waals surface area contributed by atoms with Gasteiger partial charge < -0.3 is 19.5 Å². The van der Waals surface area contributed by atoms with E-state index in [4.69, 9.17) is 14.2 Å². The maximum absolute atomic E-state index is 12.1. The molecule has 0 saturated carbocycles. The van der Waals surface area contributed by atoms with E-state index in [1.54, 1.807) is 6.07 Å². The number of ether oxygens (including phenoxy) is 3. The summed E-state index contributed by atoms with van der Waals surface area (Å²) in [6.45, 7) is 3.42. The van der Waals surface area contributed by atoms with Gasteiger partial charge in [-0.3, -0.25) is 10.1 Å². The average Bonchev–Trinajstić information content (AvgIpc) is 2.71. The first-order chi connectivity index (χ1) is 13.9. The third-order valence-corrected chi connectivity index (χ3v) is 3.65. The molecule has 0 saturated heterocycles. The van der Waals surface area contributed by atoms with Crippen LogP contribution in [0.1, 0.15) is 29.8 Å². The van der Waals surface area contributed by atoms with E-state index < -0.39 is 24.5 Å². The molecule has 0 unspecified atom stereocenters. The van der Waals surface area contributed by atoms with Gasteiger partial charge >= 0.3 is 12.0 Å².